The summed E-state index contributed by atoms with van der Waals surface area (Å²) >= 11 is 1.69. The van der Waals surface area contributed by atoms with E-state index in [1.54, 1.807) is 11.3 Å². The molecule has 0 saturated carbocycles. The van der Waals surface area contributed by atoms with Gasteiger partial charge in [-0.25, -0.2) is 9.78 Å². The SMILES string of the molecule is CCC(=O)NCCc1csc(C2CCN(C(=O)Nc3ccccc3)CC2)n1. The number of carbonyl (C=O) groups is 2. The molecule has 1 aromatic heterocycles. The van der Waals surface area contributed by atoms with Crippen LogP contribution in [-0.2, 0) is 11.2 Å². The maximum atomic E-state index is 12.4. The van der Waals surface area contributed by atoms with Crippen LogP contribution in [0.1, 0.15) is 42.8 Å². The molecule has 6 nitrogen and oxygen atoms in total. The van der Waals surface area contributed by atoms with Crippen LogP contribution in [0, 0.1) is 0 Å². The summed E-state index contributed by atoms with van der Waals surface area (Å²) in [7, 11) is 0. The minimum atomic E-state index is -0.0360. The first-order valence-corrected chi connectivity index (χ1v) is 10.4. The molecule has 0 spiro atoms. The number of nitrogens with zero attached hydrogens (tertiary/aromatic N) is 2. The Morgan fingerprint density at radius 1 is 1.22 bits per heavy atom. The molecule has 0 unspecified atom stereocenters. The second-order valence-electron chi connectivity index (χ2n) is 6.69. The van der Waals surface area contributed by atoms with Crippen molar-refractivity contribution in [3.63, 3.8) is 0 Å². The smallest absolute Gasteiger partial charge is 0.321 e. The number of rotatable bonds is 6. The van der Waals surface area contributed by atoms with Gasteiger partial charge in [0.05, 0.1) is 10.7 Å². The highest BCUT2D eigenvalue weighted by atomic mass is 32.1. The van der Waals surface area contributed by atoms with Crippen molar-refractivity contribution in [3.8, 4) is 0 Å². The maximum absolute atomic E-state index is 12.4. The van der Waals surface area contributed by atoms with Crippen LogP contribution in [-0.4, -0.2) is 41.5 Å². The molecule has 2 heterocycles. The number of benzene rings is 1. The van der Waals surface area contributed by atoms with E-state index in [2.05, 4.69) is 16.0 Å². The number of urea groups is 1. The Kier molecular flexibility index (Phi) is 6.81. The molecule has 3 rings (SSSR count). The molecule has 2 aromatic rings. The van der Waals surface area contributed by atoms with Crippen molar-refractivity contribution < 1.29 is 9.59 Å². The Labute approximate surface area is 164 Å². The molecule has 0 bridgehead atoms. The number of amides is 3. The van der Waals surface area contributed by atoms with Gasteiger partial charge >= 0.3 is 6.03 Å². The summed E-state index contributed by atoms with van der Waals surface area (Å²) in [5.74, 6) is 0.487. The monoisotopic (exact) mass is 386 g/mol. The van der Waals surface area contributed by atoms with Gasteiger partial charge in [0.15, 0.2) is 0 Å². The van der Waals surface area contributed by atoms with Gasteiger partial charge < -0.3 is 15.5 Å². The molecule has 3 amide bonds. The summed E-state index contributed by atoms with van der Waals surface area (Å²) in [6, 6.07) is 9.51. The van der Waals surface area contributed by atoms with E-state index in [0.29, 0.717) is 18.9 Å². The Morgan fingerprint density at radius 3 is 2.67 bits per heavy atom. The van der Waals surface area contributed by atoms with Crippen molar-refractivity contribution in [1.82, 2.24) is 15.2 Å². The van der Waals surface area contributed by atoms with Gasteiger partial charge in [0.1, 0.15) is 0 Å². The maximum Gasteiger partial charge on any atom is 0.321 e. The summed E-state index contributed by atoms with van der Waals surface area (Å²) in [5, 5.41) is 9.06. The number of hydrogen-bond donors (Lipinski definition) is 2. The molecule has 27 heavy (non-hydrogen) atoms. The van der Waals surface area contributed by atoms with E-state index in [-0.39, 0.29) is 11.9 Å². The number of piperidine rings is 1. The normalized spacial score (nSPS) is 14.8. The number of thiazole rings is 1. The highest BCUT2D eigenvalue weighted by Crippen LogP contribution is 2.30. The van der Waals surface area contributed by atoms with Crippen LogP contribution in [0.3, 0.4) is 0 Å². The van der Waals surface area contributed by atoms with Crippen LogP contribution in [0.2, 0.25) is 0 Å². The summed E-state index contributed by atoms with van der Waals surface area (Å²) in [5.41, 5.74) is 1.86. The molecule has 0 atom stereocenters. The van der Waals surface area contributed by atoms with Gasteiger partial charge in [0.2, 0.25) is 5.91 Å². The van der Waals surface area contributed by atoms with Crippen LogP contribution in [0.25, 0.3) is 0 Å². The van der Waals surface area contributed by atoms with E-state index in [4.69, 9.17) is 4.98 Å². The first-order valence-electron chi connectivity index (χ1n) is 9.47. The third-order valence-corrected chi connectivity index (χ3v) is 5.81. The molecule has 1 aromatic carbocycles. The van der Waals surface area contributed by atoms with Gasteiger partial charge in [0.25, 0.3) is 0 Å². The van der Waals surface area contributed by atoms with Crippen molar-refractivity contribution in [1.29, 1.82) is 0 Å². The molecule has 0 aliphatic carbocycles. The van der Waals surface area contributed by atoms with Gasteiger partial charge in [0, 0.05) is 49.5 Å². The third-order valence-electron chi connectivity index (χ3n) is 4.75. The standard InChI is InChI=1S/C20H26N4O2S/c1-2-18(25)21-11-8-17-14-27-19(22-17)15-9-12-24(13-10-15)20(26)23-16-6-4-3-5-7-16/h3-7,14-15H,2,8-13H2,1H3,(H,21,25)(H,23,26). The van der Waals surface area contributed by atoms with Crippen molar-refractivity contribution in [2.75, 3.05) is 25.0 Å². The number of para-hydroxylation sites is 1. The van der Waals surface area contributed by atoms with Crippen LogP contribution in [0.15, 0.2) is 35.7 Å². The van der Waals surface area contributed by atoms with E-state index in [0.717, 1.165) is 48.7 Å². The zero-order valence-corrected chi connectivity index (χ0v) is 16.4. The average molecular weight is 387 g/mol. The number of aromatic nitrogens is 1. The third kappa shape index (κ3) is 5.53. The molecule has 2 N–H and O–H groups in total. The molecule has 1 aliphatic rings. The van der Waals surface area contributed by atoms with Crippen molar-refractivity contribution >= 4 is 29.0 Å². The van der Waals surface area contributed by atoms with Crippen LogP contribution in [0.4, 0.5) is 10.5 Å². The fourth-order valence-electron chi connectivity index (χ4n) is 3.13. The van der Waals surface area contributed by atoms with E-state index in [1.165, 1.54) is 0 Å². The molecule has 7 heteroatoms. The van der Waals surface area contributed by atoms with Crippen molar-refractivity contribution in [2.24, 2.45) is 0 Å². The Hall–Kier alpha value is -2.41. The zero-order chi connectivity index (χ0) is 19.1. The van der Waals surface area contributed by atoms with Crippen LogP contribution in [0.5, 0.6) is 0 Å². The van der Waals surface area contributed by atoms with Crippen molar-refractivity contribution in [2.45, 2.75) is 38.5 Å². The lowest BCUT2D eigenvalue weighted by Gasteiger charge is -2.31. The zero-order valence-electron chi connectivity index (χ0n) is 15.6. The largest absolute Gasteiger partial charge is 0.356 e. The van der Waals surface area contributed by atoms with Gasteiger partial charge in [-0.1, -0.05) is 25.1 Å². The topological polar surface area (TPSA) is 74.3 Å². The lowest BCUT2D eigenvalue weighted by Crippen LogP contribution is -2.40. The molecule has 1 saturated heterocycles. The summed E-state index contributed by atoms with van der Waals surface area (Å²) in [6.45, 7) is 3.96. The fraction of sp³-hybridized carbons (Fsp3) is 0.450. The van der Waals surface area contributed by atoms with Gasteiger partial charge in [-0.3, -0.25) is 4.79 Å². The minimum absolute atomic E-state index is 0.0360. The quantitative estimate of drug-likeness (QED) is 0.796. The molecule has 1 aliphatic heterocycles. The number of likely N-dealkylation sites (tertiary alicyclic amines) is 1. The summed E-state index contributed by atoms with van der Waals surface area (Å²) in [4.78, 5) is 30.3. The first-order chi connectivity index (χ1) is 13.2. The Balaban J connectivity index is 1.45. The number of nitrogens with one attached hydrogen (secondary N) is 2. The predicted octanol–water partition coefficient (Wildman–Crippen LogP) is 3.62. The Morgan fingerprint density at radius 2 is 1.96 bits per heavy atom. The first kappa shape index (κ1) is 19.4. The highest BCUT2D eigenvalue weighted by Gasteiger charge is 2.25. The van der Waals surface area contributed by atoms with Crippen LogP contribution >= 0.6 is 11.3 Å². The predicted molar refractivity (Wildman–Crippen MR) is 108 cm³/mol. The fourth-order valence-corrected chi connectivity index (χ4v) is 4.16. The molecular weight excluding hydrogens is 360 g/mol. The second-order valence-corrected chi connectivity index (χ2v) is 7.58. The van der Waals surface area contributed by atoms with E-state index in [1.807, 2.05) is 42.2 Å². The van der Waals surface area contributed by atoms with E-state index < -0.39 is 0 Å². The minimum Gasteiger partial charge on any atom is -0.356 e. The van der Waals surface area contributed by atoms with Crippen LogP contribution < -0.4 is 10.6 Å². The van der Waals surface area contributed by atoms with Gasteiger partial charge in [-0.2, -0.15) is 0 Å². The highest BCUT2D eigenvalue weighted by molar-refractivity contribution is 7.09. The average Bonchev–Trinajstić information content (AvgIpc) is 3.17. The molecule has 1 fully saturated rings. The molecule has 0 radical (unpaired) electrons. The van der Waals surface area contributed by atoms with Gasteiger partial charge in [-0.15, -0.1) is 11.3 Å². The second kappa shape index (κ2) is 9.50. The lowest BCUT2D eigenvalue weighted by atomic mass is 9.98. The molecular formula is C20H26N4O2S. The lowest BCUT2D eigenvalue weighted by molar-refractivity contribution is -0.120. The number of carbonyl (C=O) groups excluding carboxylic acids is 2. The van der Waals surface area contributed by atoms with Gasteiger partial charge in [-0.05, 0) is 25.0 Å². The van der Waals surface area contributed by atoms with E-state index >= 15 is 0 Å². The number of hydrogen-bond acceptors (Lipinski definition) is 4. The summed E-state index contributed by atoms with van der Waals surface area (Å²) in [6.07, 6.45) is 3.14. The molecule has 144 valence electrons. The van der Waals surface area contributed by atoms with E-state index in [9.17, 15) is 9.59 Å². The Bertz CT molecular complexity index is 754. The number of anilines is 1. The summed E-state index contributed by atoms with van der Waals surface area (Å²) < 4.78 is 0. The van der Waals surface area contributed by atoms with Crippen molar-refractivity contribution in [3.05, 3.63) is 46.4 Å².